The highest BCUT2D eigenvalue weighted by molar-refractivity contribution is 7.75. The number of halogens is 25. The fourth-order valence-corrected chi connectivity index (χ4v) is 71.9. The van der Waals surface area contributed by atoms with E-state index < -0.39 is 132 Å². The van der Waals surface area contributed by atoms with Crippen molar-refractivity contribution >= 4 is 409 Å². The number of rotatable bonds is 49. The fraction of sp³-hybridized carbons (Fsp3) is 1.00. The summed E-state index contributed by atoms with van der Waals surface area (Å²) in [6.45, 7) is 32.3. The Balaban J connectivity index is -0.000000154. The molecule has 0 bridgehead atoms. The smallest absolute Gasteiger partial charge is 0.420 e. The molecule has 0 rings (SSSR count). The standard InChI is InChI=1S/C13H32O5Si2.C8H22O6Si2.C8H22O4Si2.C8H22O2Si2.C5H13Cl3Si2.C4H9Cl5Si2.C3H7Cl5Si2.C2H4Cl6Si2.CH2Cl6Si2/c1-7-14-19(6,15-8-2)12-13-20(16-9-3,17-10-4)18-11-5;1-9-15(10-2,11-3)7-8-16(12-4,13-5)14-6;1-9-13(5,10-2)7-8-14(6,11-3)12-4;1-9-11(3,4)7-8-12(5,6)10-2;1-9(2,6)4-5-10(3,7)8;1-10(5,6)3-2-4-11(7,8)9;1-9(4,5)2-3-10(6,7)8;3-9(4,5)1-2-10(6,7)8;2-8(3,4)1-9(5,6)7/h7-13H2,1-6H3;7-8H2,1-6H3;7-8H2,1-6H3;7-8H2,1-6H3;4-5H2,1-3H3;2-4H2,1H3;2-3H2,1H3;1-2H2;1H2. The minimum atomic E-state index is -2.71. The van der Waals surface area contributed by atoms with Crippen LogP contribution in [0.2, 0.25) is 181 Å². The Morgan fingerprint density at radius 2 is 0.411 bits per heavy atom. The summed E-state index contributed by atoms with van der Waals surface area (Å²) >= 11 is 141. The Morgan fingerprint density at radius 3 is 0.571 bits per heavy atom. The molecule has 0 spiro atoms. The van der Waals surface area contributed by atoms with Crippen LogP contribution in [0.15, 0.2) is 0 Å². The maximum Gasteiger partial charge on any atom is 0.500 e. The van der Waals surface area contributed by atoms with Gasteiger partial charge in [0.05, 0.1) is 0 Å². The van der Waals surface area contributed by atoms with Gasteiger partial charge < -0.3 is 75.2 Å². The van der Waals surface area contributed by atoms with Gasteiger partial charge in [-0.05, 0) is 179 Å². The quantitative estimate of drug-likeness (QED) is 0.0418. The molecule has 0 heterocycles. The maximum atomic E-state index is 6.08. The van der Waals surface area contributed by atoms with E-state index in [4.69, 9.17) is 352 Å². The monoisotopic (exact) mass is 2410 g/mol. The van der Waals surface area contributed by atoms with Crippen molar-refractivity contribution in [2.75, 3.05) is 118 Å². The molecule has 0 aromatic heterocycles. The SMILES string of the molecule is CCO[Si](C)(CC[Si](OCC)(OCC)OCC)OCC.CO[Si](C)(C)CC[Si](C)(C)OC.CO[Si](C)(CC[Si](C)(OC)OC)OC.CO[Si](CC[Si](OC)(OC)OC)(OC)OC.C[Si](C)(Cl)CC[Si](C)(Cl)Cl.C[Si](Cl)(Cl)CCC[Si](Cl)(Cl)Cl.C[Si](Cl)(Cl)CC[Si](Cl)(Cl)Cl.Cl[Si](Cl)(Cl)CC[Si](Cl)(Cl)Cl.Cl[Si](Cl)(Cl)C[Si](Cl)(Cl)Cl. The van der Waals surface area contributed by atoms with Gasteiger partial charge in [0.15, 0.2) is 16.6 Å². The van der Waals surface area contributed by atoms with Gasteiger partial charge in [-0.3, -0.25) is 0 Å². The molecule has 60 heteroatoms. The Morgan fingerprint density at radius 1 is 0.188 bits per heavy atom. The van der Waals surface area contributed by atoms with Gasteiger partial charge in [-0.15, -0.1) is 266 Å². The van der Waals surface area contributed by atoms with Gasteiger partial charge in [-0.2, -0.15) is 11.1 Å². The maximum absolute atomic E-state index is 6.08. The summed E-state index contributed by atoms with van der Waals surface area (Å²) in [5.41, 5.74) is 0.162. The van der Waals surface area contributed by atoms with E-state index in [1.165, 1.54) is 12.1 Å². The van der Waals surface area contributed by atoms with Gasteiger partial charge in [0.2, 0.25) is 20.1 Å². The van der Waals surface area contributed by atoms with Crippen LogP contribution >= 0.6 is 277 Å². The number of hydrogen-bond donors (Lipinski definition) is 0. The van der Waals surface area contributed by atoms with E-state index in [1.807, 2.05) is 81.6 Å². The third-order valence-corrected chi connectivity index (χ3v) is 70.2. The molecule has 0 aliphatic rings. The highest BCUT2D eigenvalue weighted by atomic mass is 35.9. The second kappa shape index (κ2) is 70.2. The first-order valence-corrected chi connectivity index (χ1v) is 104. The van der Waals surface area contributed by atoms with Gasteiger partial charge in [-0.1, -0.05) is 19.5 Å². The van der Waals surface area contributed by atoms with Crippen molar-refractivity contribution in [3.8, 4) is 0 Å². The molecular formula is C52H133Cl25O17Si18. The van der Waals surface area contributed by atoms with Crippen LogP contribution in [0.25, 0.3) is 0 Å². The molecule has 0 unspecified atom stereocenters. The van der Waals surface area contributed by atoms with Crippen LogP contribution in [0.3, 0.4) is 0 Å². The Bertz CT molecular complexity index is 1980. The zero-order chi connectivity index (χ0) is 91.3. The van der Waals surface area contributed by atoms with Gasteiger partial charge in [0.1, 0.15) is 7.38 Å². The van der Waals surface area contributed by atoms with Crippen molar-refractivity contribution < 1.29 is 75.2 Å². The summed E-state index contributed by atoms with van der Waals surface area (Å²) in [6, 6.07) is -2.94. The lowest BCUT2D eigenvalue weighted by atomic mass is 10.6. The van der Waals surface area contributed by atoms with E-state index in [-0.39, 0.29) is 5.67 Å². The van der Waals surface area contributed by atoms with Gasteiger partial charge in [-0.25, -0.2) is 0 Å². The second-order valence-corrected chi connectivity index (χ2v) is 143. The molecule has 0 aliphatic heterocycles. The van der Waals surface area contributed by atoms with Crippen molar-refractivity contribution in [2.45, 2.75) is 222 Å². The summed E-state index contributed by atoms with van der Waals surface area (Å²) in [6.07, 6.45) is 0.832. The van der Waals surface area contributed by atoms with E-state index >= 15 is 0 Å². The summed E-state index contributed by atoms with van der Waals surface area (Å²) < 4.78 is 93.8. The van der Waals surface area contributed by atoms with E-state index in [1.54, 1.807) is 71.1 Å². The average molecular weight is 2420 g/mol. The second-order valence-electron chi connectivity index (χ2n) is 26.7. The predicted molar refractivity (Wildman–Crippen MR) is 549 cm³/mol. The molecule has 0 aromatic carbocycles. The number of hydrogen-bond acceptors (Lipinski definition) is 17. The van der Waals surface area contributed by atoms with Crippen molar-refractivity contribution in [3.05, 3.63) is 0 Å². The third kappa shape index (κ3) is 103. The van der Waals surface area contributed by atoms with Crippen LogP contribution in [-0.2, 0) is 75.2 Å². The van der Waals surface area contributed by atoms with Crippen LogP contribution in [0.4, 0.5) is 0 Å². The van der Waals surface area contributed by atoms with Crippen LogP contribution in [0.1, 0.15) is 41.0 Å². The van der Waals surface area contributed by atoms with Gasteiger partial charge >= 0.3 is 88.1 Å². The highest BCUT2D eigenvalue weighted by Gasteiger charge is 2.48. The summed E-state index contributed by atoms with van der Waals surface area (Å²) in [7, 11) is 1.98. The van der Waals surface area contributed by atoms with E-state index in [2.05, 4.69) is 45.8 Å². The Labute approximate surface area is 813 Å². The first-order valence-electron chi connectivity index (χ1n) is 34.9. The Hall–Kier alpha value is 10.5. The first kappa shape index (κ1) is 140. The van der Waals surface area contributed by atoms with Crippen molar-refractivity contribution in [1.82, 2.24) is 0 Å². The van der Waals surface area contributed by atoms with E-state index in [9.17, 15) is 0 Å². The fourth-order valence-electron chi connectivity index (χ4n) is 7.42. The average Bonchev–Trinajstić information content (AvgIpc) is 0.859. The first-order chi connectivity index (χ1) is 49.9. The largest absolute Gasteiger partial charge is 0.500 e. The molecule has 0 fully saturated rings. The van der Waals surface area contributed by atoms with Crippen LogP contribution in [-0.4, -0.2) is 251 Å². The molecule has 17 nitrogen and oxygen atoms in total. The normalized spacial score (nSPS) is 13.4. The molecule has 112 heavy (non-hydrogen) atoms. The van der Waals surface area contributed by atoms with Crippen LogP contribution in [0.5, 0.6) is 0 Å². The molecule has 0 aromatic rings. The molecule has 0 N–H and O–H groups in total. The molecule has 0 amide bonds. The lowest BCUT2D eigenvalue weighted by molar-refractivity contribution is 0.0712. The van der Waals surface area contributed by atoms with Crippen molar-refractivity contribution in [1.29, 1.82) is 0 Å². The van der Waals surface area contributed by atoms with E-state index in [0.717, 1.165) is 48.7 Å². The minimum Gasteiger partial charge on any atom is -0.420 e. The molecule has 0 aliphatic carbocycles. The van der Waals surface area contributed by atoms with Crippen LogP contribution < -0.4 is 0 Å². The molecule has 690 valence electrons. The molecule has 0 atom stereocenters. The molecule has 0 radical (unpaired) electrons. The lowest BCUT2D eigenvalue weighted by Gasteiger charge is -2.32. The minimum absolute atomic E-state index is 0.162. The highest BCUT2D eigenvalue weighted by Crippen LogP contribution is 2.39. The van der Waals surface area contributed by atoms with Crippen LogP contribution in [0, 0.1) is 0 Å². The van der Waals surface area contributed by atoms with Crippen molar-refractivity contribution in [3.63, 3.8) is 0 Å². The topological polar surface area (TPSA) is 157 Å². The van der Waals surface area contributed by atoms with E-state index in [0.29, 0.717) is 75.3 Å². The molecular weight excluding hydrogens is 2290 g/mol. The lowest BCUT2D eigenvalue weighted by Crippen LogP contribution is -2.49. The summed E-state index contributed by atoms with van der Waals surface area (Å²) in [5, 5.41) is 0. The zero-order valence-electron chi connectivity index (χ0n) is 70.7. The summed E-state index contributed by atoms with van der Waals surface area (Å²) in [4.78, 5) is 0. The third-order valence-electron chi connectivity index (χ3n) is 14.9. The van der Waals surface area contributed by atoms with Gasteiger partial charge in [0, 0.05) is 142 Å². The molecule has 0 saturated carbocycles. The molecule has 0 saturated heterocycles. The van der Waals surface area contributed by atoms with Crippen molar-refractivity contribution in [2.24, 2.45) is 0 Å². The Kier molecular flexibility index (Phi) is 88.0. The zero-order valence-corrected chi connectivity index (χ0v) is 108. The predicted octanol–water partition coefficient (Wildman–Crippen LogP) is 29.2. The summed E-state index contributed by atoms with van der Waals surface area (Å²) in [5.74, 6) is 0. The van der Waals surface area contributed by atoms with Gasteiger partial charge in [0.25, 0.3) is 0 Å².